The first-order valence-corrected chi connectivity index (χ1v) is 6.36. The maximum absolute atomic E-state index is 9.50. The number of hydrogen-bond donors (Lipinski definition) is 0. The van der Waals surface area contributed by atoms with Crippen molar-refractivity contribution in [1.82, 2.24) is 4.90 Å². The van der Waals surface area contributed by atoms with E-state index in [1.54, 1.807) is 0 Å². The van der Waals surface area contributed by atoms with Crippen LogP contribution in [0.1, 0.15) is 63.6 Å². The molecular formula is C18H25NO. The third-order valence-corrected chi connectivity index (χ3v) is 3.92. The Morgan fingerprint density at radius 2 is 2.30 bits per heavy atom. The van der Waals surface area contributed by atoms with Gasteiger partial charge in [-0.15, -0.1) is 0 Å². The maximum Gasteiger partial charge on any atom is 0.119 e. The van der Waals surface area contributed by atoms with E-state index in [-0.39, 0.29) is 11.3 Å². The molecule has 1 saturated heterocycles. The Labute approximate surface area is 143 Å². The summed E-state index contributed by atoms with van der Waals surface area (Å²) < 4.78 is 137. The van der Waals surface area contributed by atoms with Crippen molar-refractivity contribution < 1.29 is 25.3 Å². The van der Waals surface area contributed by atoms with Crippen molar-refractivity contribution in [3.63, 3.8) is 0 Å². The zero-order chi connectivity index (χ0) is 27.2. The lowest BCUT2D eigenvalue weighted by Crippen LogP contribution is -2.59. The van der Waals surface area contributed by atoms with E-state index >= 15 is 0 Å². The molecule has 2 aliphatic carbocycles. The Kier molecular flexibility index (Phi) is 1.01. The highest BCUT2D eigenvalue weighted by atomic mass is 16.5. The smallest absolute Gasteiger partial charge is 0.119 e. The summed E-state index contributed by atoms with van der Waals surface area (Å²) in [5.74, 6) is -3.47. The quantitative estimate of drug-likeness (QED) is 0.785. The van der Waals surface area contributed by atoms with Gasteiger partial charge in [-0.1, -0.05) is 18.8 Å². The Morgan fingerprint density at radius 1 is 1.40 bits per heavy atom. The van der Waals surface area contributed by atoms with Crippen LogP contribution in [0.15, 0.2) is 18.2 Å². The molecule has 108 valence electrons. The molecule has 0 amide bonds. The fourth-order valence-corrected chi connectivity index (χ4v) is 2.87. The second kappa shape index (κ2) is 4.49. The average molecular weight is 286 g/mol. The van der Waals surface area contributed by atoms with E-state index in [2.05, 4.69) is 0 Å². The minimum Gasteiger partial charge on any atom is -0.497 e. The number of piperidine rings is 1. The summed E-state index contributed by atoms with van der Waals surface area (Å²) in [5.41, 5.74) is -4.42. The second-order valence-corrected chi connectivity index (χ2v) is 4.97. The van der Waals surface area contributed by atoms with Gasteiger partial charge in [-0.3, -0.25) is 0 Å². The number of benzene rings is 1. The summed E-state index contributed by atoms with van der Waals surface area (Å²) in [6.07, 6.45) is -21.4. The standard InChI is InChI=1S/C18H25NO/c1-19-10-9-18-8-4-3-5-15(18)17(19)11-13-6-7-14(20-2)12-16(13)18/h6-7,12,15,17H,3-5,8-11H2,1-2H3/t15-,17?,18+/m1/s1/i3D2,4D2,5D2,8D2,9D2,10D2,11D2,15D. The van der Waals surface area contributed by atoms with Crippen LogP contribution in [0.5, 0.6) is 5.75 Å². The van der Waals surface area contributed by atoms with Gasteiger partial charge in [-0.2, -0.15) is 0 Å². The molecule has 0 radical (unpaired) electrons. The van der Waals surface area contributed by atoms with E-state index in [9.17, 15) is 1.37 Å². The van der Waals surface area contributed by atoms with Gasteiger partial charge in [0.25, 0.3) is 0 Å². The largest absolute Gasteiger partial charge is 0.497 e. The third-order valence-electron chi connectivity index (χ3n) is 3.92. The number of methoxy groups -OCH3 is 1. The lowest BCUT2D eigenvalue weighted by Gasteiger charge is -2.58. The summed E-state index contributed by atoms with van der Waals surface area (Å²) in [4.78, 5) is 0.496. The lowest BCUT2D eigenvalue weighted by atomic mass is 9.52. The van der Waals surface area contributed by atoms with Gasteiger partial charge in [-0.05, 0) is 68.2 Å². The Hall–Kier alpha value is -1.02. The van der Waals surface area contributed by atoms with Gasteiger partial charge in [0, 0.05) is 32.0 Å². The molecule has 1 aliphatic heterocycles. The summed E-state index contributed by atoms with van der Waals surface area (Å²) in [6.45, 7) is -3.24. The molecule has 0 N–H and O–H groups in total. The molecule has 1 saturated carbocycles. The minimum atomic E-state index is -3.79. The van der Waals surface area contributed by atoms with Gasteiger partial charge in [0.05, 0.1) is 7.11 Å². The van der Waals surface area contributed by atoms with Crippen LogP contribution >= 0.6 is 0 Å². The monoisotopic (exact) mass is 286 g/mol. The van der Waals surface area contributed by atoms with Crippen LogP contribution in [0.25, 0.3) is 0 Å². The maximum atomic E-state index is 9.50. The molecule has 2 nitrogen and oxygen atoms in total. The zero-order valence-electron chi connectivity index (χ0n) is 26.2. The van der Waals surface area contributed by atoms with Crippen LogP contribution in [0, 0.1) is 5.89 Å². The van der Waals surface area contributed by atoms with Gasteiger partial charge < -0.3 is 9.64 Å². The average Bonchev–Trinajstić information content (AvgIpc) is 2.70. The SMILES string of the molecule is [2H]C1([2H])c2ccc(OC)cc2[C@@]23C([2H])([2H])C([2H])([2H])N(C)C1[C@@]2([2H])C([2H])([2H])C([2H])([2H])C([2H])([2H])C3([2H])[2H]. The number of nitrogens with zero attached hydrogens (tertiary/aromatic N) is 1. The number of likely N-dealkylation sites (tertiary alicyclic amines) is 1. The van der Waals surface area contributed by atoms with Gasteiger partial charge >= 0.3 is 0 Å². The molecule has 2 heteroatoms. The molecule has 2 bridgehead atoms. The molecule has 4 rings (SSSR count). The van der Waals surface area contributed by atoms with Crippen molar-refractivity contribution in [3.8, 4) is 5.75 Å². The van der Waals surface area contributed by atoms with Crippen molar-refractivity contribution >= 4 is 0 Å². The topological polar surface area (TPSA) is 12.5 Å². The molecule has 0 spiro atoms. The predicted molar refractivity (Wildman–Crippen MR) is 81.4 cm³/mol. The van der Waals surface area contributed by atoms with Crippen molar-refractivity contribution in [3.05, 3.63) is 29.3 Å². The Morgan fingerprint density at radius 3 is 3.15 bits per heavy atom. The van der Waals surface area contributed by atoms with E-state index in [1.165, 1.54) is 13.2 Å². The first-order valence-electron chi connectivity index (χ1n) is 13.9. The Bertz CT molecular complexity index is 1100. The van der Waals surface area contributed by atoms with Crippen LogP contribution in [0.4, 0.5) is 0 Å². The summed E-state index contributed by atoms with van der Waals surface area (Å²) >= 11 is 0. The number of fused-ring (bicyclic) bond motifs is 1. The molecule has 3 atom stereocenters. The van der Waals surface area contributed by atoms with Crippen LogP contribution in [0.3, 0.4) is 0 Å². The molecule has 1 unspecified atom stereocenters. The van der Waals surface area contributed by atoms with E-state index in [4.69, 9.17) is 23.9 Å². The summed E-state index contributed by atoms with van der Waals surface area (Å²) in [5, 5.41) is 0. The second-order valence-electron chi connectivity index (χ2n) is 4.97. The van der Waals surface area contributed by atoms with Gasteiger partial charge in [0.15, 0.2) is 0 Å². The van der Waals surface area contributed by atoms with Crippen LogP contribution < -0.4 is 4.74 Å². The zero-order valence-corrected chi connectivity index (χ0v) is 11.2. The lowest BCUT2D eigenvalue weighted by molar-refractivity contribution is 0.00274. The van der Waals surface area contributed by atoms with E-state index in [1.807, 2.05) is 0 Å². The molecular weight excluding hydrogens is 246 g/mol. The summed E-state index contributed by atoms with van der Waals surface area (Å²) in [6, 6.07) is 1.17. The molecule has 20 heavy (non-hydrogen) atoms. The normalized spacial score (nSPS) is 68.5. The number of ether oxygens (including phenoxy) is 1. The summed E-state index contributed by atoms with van der Waals surface area (Å²) in [7, 11) is 2.16. The van der Waals surface area contributed by atoms with Crippen molar-refractivity contribution in [1.29, 1.82) is 0 Å². The highest BCUT2D eigenvalue weighted by Gasteiger charge is 2.53. The Balaban J connectivity index is 2.42. The predicted octanol–water partition coefficient (Wildman–Crippen LogP) is 3.38. The van der Waals surface area contributed by atoms with E-state index < -0.39 is 67.6 Å². The van der Waals surface area contributed by atoms with Crippen LogP contribution in [-0.2, 0) is 11.8 Å². The first kappa shape index (κ1) is 4.49. The highest BCUT2D eigenvalue weighted by Crippen LogP contribution is 2.55. The molecule has 3 aliphatic rings. The third kappa shape index (κ3) is 1.60. The van der Waals surface area contributed by atoms with Crippen LogP contribution in [0.2, 0.25) is 0 Å². The molecule has 2 fully saturated rings. The first-order chi connectivity index (χ1) is 15.4. The van der Waals surface area contributed by atoms with Crippen LogP contribution in [-0.4, -0.2) is 31.6 Å². The minimum absolute atomic E-state index is 0.0597. The van der Waals surface area contributed by atoms with Crippen molar-refractivity contribution in [2.24, 2.45) is 5.89 Å². The molecule has 1 aromatic rings. The van der Waals surface area contributed by atoms with Crippen molar-refractivity contribution in [2.75, 3.05) is 20.7 Å². The molecule has 1 aromatic carbocycles. The van der Waals surface area contributed by atoms with E-state index in [0.29, 0.717) is 4.90 Å². The highest BCUT2D eigenvalue weighted by molar-refractivity contribution is 5.45. The fourth-order valence-electron chi connectivity index (χ4n) is 2.87. The number of hydrogen-bond acceptors (Lipinski definition) is 2. The van der Waals surface area contributed by atoms with E-state index in [0.717, 1.165) is 19.2 Å². The number of likely N-dealkylation sites (N-methyl/N-ethyl adjacent to an activating group) is 1. The molecule has 0 aromatic heterocycles. The van der Waals surface area contributed by atoms with Gasteiger partial charge in [0.1, 0.15) is 5.75 Å². The van der Waals surface area contributed by atoms with Crippen molar-refractivity contribution in [2.45, 2.75) is 49.7 Å². The van der Waals surface area contributed by atoms with Gasteiger partial charge in [0.2, 0.25) is 0 Å². The number of rotatable bonds is 1. The fraction of sp³-hybridized carbons (Fsp3) is 0.667. The molecule has 1 heterocycles. The van der Waals surface area contributed by atoms with Gasteiger partial charge in [-0.25, -0.2) is 0 Å².